The number of para-hydroxylation sites is 1. The lowest BCUT2D eigenvalue weighted by molar-refractivity contribution is 0.0671. The fourth-order valence-corrected chi connectivity index (χ4v) is 7.59. The molecular weight excluding hydrogens is 524 g/mol. The van der Waals surface area contributed by atoms with Crippen LogP contribution in [0, 0.1) is 11.8 Å². The highest BCUT2D eigenvalue weighted by Gasteiger charge is 2.30. The molecule has 1 atom stereocenters. The molecule has 3 fully saturated rings. The van der Waals surface area contributed by atoms with Gasteiger partial charge in [0.15, 0.2) is 5.82 Å². The van der Waals surface area contributed by atoms with E-state index in [4.69, 9.17) is 9.72 Å². The summed E-state index contributed by atoms with van der Waals surface area (Å²) in [5.41, 5.74) is 6.22. The van der Waals surface area contributed by atoms with Crippen LogP contribution < -0.4 is 4.74 Å². The van der Waals surface area contributed by atoms with Crippen LogP contribution in [-0.4, -0.2) is 56.3 Å². The molecule has 1 N–H and O–H groups in total. The van der Waals surface area contributed by atoms with E-state index in [0.717, 1.165) is 80.7 Å². The van der Waals surface area contributed by atoms with Crippen molar-refractivity contribution in [2.45, 2.75) is 83.3 Å². The lowest BCUT2D eigenvalue weighted by Crippen LogP contribution is -2.39. The molecule has 4 aromatic rings. The van der Waals surface area contributed by atoms with Gasteiger partial charge in [-0.25, -0.2) is 4.98 Å². The summed E-state index contributed by atoms with van der Waals surface area (Å²) in [6.07, 6.45) is 9.55. The highest BCUT2D eigenvalue weighted by Crippen LogP contribution is 2.42. The minimum atomic E-state index is -0.163. The van der Waals surface area contributed by atoms with E-state index in [9.17, 15) is 9.90 Å². The Kier molecular flexibility index (Phi) is 7.25. The number of aliphatic hydroxyl groups is 1. The quantitative estimate of drug-likeness (QED) is 0.263. The lowest BCUT2D eigenvalue weighted by atomic mass is 9.82. The number of ether oxygens (including phenoxy) is 1. The van der Waals surface area contributed by atoms with E-state index in [1.54, 1.807) is 7.11 Å². The maximum Gasteiger partial charge on any atom is 0.254 e. The number of fused-ring (bicyclic) bond motifs is 2. The predicted octanol–water partition coefficient (Wildman–Crippen LogP) is 6.89. The van der Waals surface area contributed by atoms with Crippen LogP contribution in [0.1, 0.15) is 86.6 Å². The average molecular weight is 569 g/mol. The highest BCUT2D eigenvalue weighted by molar-refractivity contribution is 6.00. The summed E-state index contributed by atoms with van der Waals surface area (Å²) in [5.74, 6) is 3.41. The summed E-state index contributed by atoms with van der Waals surface area (Å²) in [6.45, 7) is 4.84. The van der Waals surface area contributed by atoms with Crippen LogP contribution in [0.2, 0.25) is 0 Å². The van der Waals surface area contributed by atoms with Gasteiger partial charge in [0.2, 0.25) is 0 Å². The number of imidazole rings is 1. The standard InChI is InChI=1S/C35H44N4O3/c1-4-22-7-6-16-38(20-22)35(41)26-17-29-33(31(19-26)42-3)37(2)34(36-29)30-18-25-8-5-9-28(24-12-14-27(40)15-13-24)32(25)39(30)21-23-10-11-23/h5,8-9,17-19,22-24,27,40H,4,6-7,10-16,20-21H2,1-3H3/t22-,24?,27?/m1/s1. The number of carbonyl (C=O) groups excluding carboxylic acids is 1. The fraction of sp³-hybridized carbons (Fsp3) is 0.543. The Bertz CT molecular complexity index is 1620. The van der Waals surface area contributed by atoms with E-state index in [0.29, 0.717) is 29.1 Å². The van der Waals surface area contributed by atoms with Gasteiger partial charge in [0.25, 0.3) is 5.91 Å². The summed E-state index contributed by atoms with van der Waals surface area (Å²) >= 11 is 0. The fourth-order valence-electron chi connectivity index (χ4n) is 7.59. The second-order valence-corrected chi connectivity index (χ2v) is 13.1. The first-order valence-corrected chi connectivity index (χ1v) is 16.1. The molecule has 1 aliphatic heterocycles. The molecule has 7 rings (SSSR count). The zero-order valence-corrected chi connectivity index (χ0v) is 25.3. The molecule has 2 aromatic carbocycles. The second-order valence-electron chi connectivity index (χ2n) is 13.1. The molecule has 222 valence electrons. The van der Waals surface area contributed by atoms with E-state index >= 15 is 0 Å². The van der Waals surface area contributed by atoms with E-state index in [-0.39, 0.29) is 12.0 Å². The van der Waals surface area contributed by atoms with Crippen molar-refractivity contribution >= 4 is 27.8 Å². The first-order valence-electron chi connectivity index (χ1n) is 16.1. The van der Waals surface area contributed by atoms with Crippen molar-refractivity contribution < 1.29 is 14.6 Å². The van der Waals surface area contributed by atoms with Gasteiger partial charge in [-0.05, 0) is 92.9 Å². The Morgan fingerprint density at radius 3 is 2.57 bits per heavy atom. The van der Waals surface area contributed by atoms with Crippen LogP contribution in [0.25, 0.3) is 33.5 Å². The van der Waals surface area contributed by atoms with E-state index < -0.39 is 0 Å². The number of carbonyl (C=O) groups is 1. The number of aryl methyl sites for hydroxylation is 1. The van der Waals surface area contributed by atoms with Gasteiger partial charge in [-0.1, -0.05) is 31.5 Å². The largest absolute Gasteiger partial charge is 0.494 e. The van der Waals surface area contributed by atoms with Crippen LogP contribution in [0.3, 0.4) is 0 Å². The molecule has 3 heterocycles. The molecule has 3 aliphatic rings. The number of aromatic nitrogens is 3. The van der Waals surface area contributed by atoms with Gasteiger partial charge in [-0.15, -0.1) is 0 Å². The summed E-state index contributed by atoms with van der Waals surface area (Å²) in [4.78, 5) is 20.9. The van der Waals surface area contributed by atoms with E-state index in [2.05, 4.69) is 47.4 Å². The summed E-state index contributed by atoms with van der Waals surface area (Å²) in [5, 5.41) is 11.4. The second kappa shape index (κ2) is 11.1. The number of aliphatic hydroxyl groups excluding tert-OH is 1. The van der Waals surface area contributed by atoms with E-state index in [1.165, 1.54) is 35.7 Å². The number of amides is 1. The van der Waals surface area contributed by atoms with Gasteiger partial charge >= 0.3 is 0 Å². The molecule has 2 aliphatic carbocycles. The number of nitrogens with zero attached hydrogens (tertiary/aromatic N) is 4. The van der Waals surface area contributed by atoms with Gasteiger partial charge in [0.05, 0.1) is 29.9 Å². The van der Waals surface area contributed by atoms with Crippen molar-refractivity contribution in [1.29, 1.82) is 0 Å². The minimum absolute atomic E-state index is 0.0747. The first-order chi connectivity index (χ1) is 20.4. The number of rotatable bonds is 7. The van der Waals surface area contributed by atoms with Crippen LogP contribution in [-0.2, 0) is 13.6 Å². The number of methoxy groups -OCH3 is 1. The minimum Gasteiger partial charge on any atom is -0.494 e. The topological polar surface area (TPSA) is 72.5 Å². The molecule has 2 saturated carbocycles. The van der Waals surface area contributed by atoms with Crippen molar-refractivity contribution in [3.05, 3.63) is 47.5 Å². The molecule has 0 spiro atoms. The molecule has 1 amide bonds. The predicted molar refractivity (Wildman–Crippen MR) is 167 cm³/mol. The van der Waals surface area contributed by atoms with Crippen LogP contribution in [0.5, 0.6) is 5.75 Å². The normalized spacial score (nSPS) is 23.1. The highest BCUT2D eigenvalue weighted by atomic mass is 16.5. The lowest BCUT2D eigenvalue weighted by Gasteiger charge is -2.32. The first kappa shape index (κ1) is 27.5. The molecule has 0 bridgehead atoms. The Balaban J connectivity index is 1.33. The van der Waals surface area contributed by atoms with Gasteiger partial charge in [0, 0.05) is 37.6 Å². The average Bonchev–Trinajstić information content (AvgIpc) is 3.68. The summed E-state index contributed by atoms with van der Waals surface area (Å²) in [6, 6.07) is 12.9. The van der Waals surface area contributed by atoms with Crippen molar-refractivity contribution in [3.63, 3.8) is 0 Å². The van der Waals surface area contributed by atoms with Gasteiger partial charge < -0.3 is 23.9 Å². The SMILES string of the molecule is CC[C@@H]1CCCN(C(=O)c2cc(OC)c3c(c2)nc(-c2cc4cccc(C5CCC(O)CC5)c4n2CC2CC2)n3C)C1. The van der Waals surface area contributed by atoms with Crippen LogP contribution in [0.15, 0.2) is 36.4 Å². The third-order valence-electron chi connectivity index (χ3n) is 10.2. The summed E-state index contributed by atoms with van der Waals surface area (Å²) < 4.78 is 10.6. The van der Waals surface area contributed by atoms with Crippen molar-refractivity contribution in [3.8, 4) is 17.3 Å². The Morgan fingerprint density at radius 2 is 1.83 bits per heavy atom. The van der Waals surface area contributed by atoms with Gasteiger partial charge in [-0.3, -0.25) is 4.79 Å². The molecule has 7 heteroatoms. The molecule has 7 nitrogen and oxygen atoms in total. The number of likely N-dealkylation sites (tertiary alicyclic amines) is 1. The maximum atomic E-state index is 13.7. The third-order valence-corrected chi connectivity index (χ3v) is 10.2. The summed E-state index contributed by atoms with van der Waals surface area (Å²) in [7, 11) is 3.74. The zero-order valence-electron chi connectivity index (χ0n) is 25.3. The molecule has 42 heavy (non-hydrogen) atoms. The van der Waals surface area contributed by atoms with Crippen molar-refractivity contribution in [2.24, 2.45) is 18.9 Å². The molecule has 0 radical (unpaired) electrons. The van der Waals surface area contributed by atoms with Gasteiger partial charge in [-0.2, -0.15) is 0 Å². The number of hydrogen-bond donors (Lipinski definition) is 1. The Labute approximate surface area is 248 Å². The van der Waals surface area contributed by atoms with Crippen LogP contribution in [0.4, 0.5) is 0 Å². The Hall–Kier alpha value is -3.32. The molecule has 0 unspecified atom stereocenters. The number of hydrogen-bond acceptors (Lipinski definition) is 4. The number of benzene rings is 2. The molecule has 2 aromatic heterocycles. The zero-order chi connectivity index (χ0) is 29.0. The van der Waals surface area contributed by atoms with Crippen LogP contribution >= 0.6 is 0 Å². The van der Waals surface area contributed by atoms with Crippen molar-refractivity contribution in [1.82, 2.24) is 19.0 Å². The number of piperidine rings is 1. The van der Waals surface area contributed by atoms with Gasteiger partial charge in [0.1, 0.15) is 11.3 Å². The third kappa shape index (κ3) is 4.89. The maximum absolute atomic E-state index is 13.7. The Morgan fingerprint density at radius 1 is 1.02 bits per heavy atom. The van der Waals surface area contributed by atoms with Crippen molar-refractivity contribution in [2.75, 3.05) is 20.2 Å². The van der Waals surface area contributed by atoms with E-state index in [1.807, 2.05) is 17.0 Å². The molecule has 1 saturated heterocycles. The molecular formula is C35H44N4O3. The monoisotopic (exact) mass is 568 g/mol. The smallest absolute Gasteiger partial charge is 0.254 e.